The van der Waals surface area contributed by atoms with Crippen molar-refractivity contribution in [2.75, 3.05) is 6.61 Å². The maximum Gasteiger partial charge on any atom is 0.345 e. The van der Waals surface area contributed by atoms with Crippen molar-refractivity contribution in [1.29, 1.82) is 0 Å². The second-order valence-electron chi connectivity index (χ2n) is 6.32. The average molecular weight is 421 g/mol. The first-order valence-electron chi connectivity index (χ1n) is 9.14. The maximum atomic E-state index is 12.3. The summed E-state index contributed by atoms with van der Waals surface area (Å²) in [5.41, 5.74) is -0.656. The summed E-state index contributed by atoms with van der Waals surface area (Å²) in [6.07, 6.45) is 4.07. The Kier molecular flexibility index (Phi) is 5.14. The van der Waals surface area contributed by atoms with Gasteiger partial charge in [0.15, 0.2) is 0 Å². The van der Waals surface area contributed by atoms with Gasteiger partial charge in [-0.15, -0.1) is 10.2 Å². The number of hydrogen-bond donors (Lipinski definition) is 1. The highest BCUT2D eigenvalue weighted by Crippen LogP contribution is 2.25. The second kappa shape index (κ2) is 8.06. The Morgan fingerprint density at radius 2 is 2.16 bits per heavy atom. The van der Waals surface area contributed by atoms with E-state index in [-0.39, 0.29) is 17.9 Å². The van der Waals surface area contributed by atoms with Gasteiger partial charge in [0.2, 0.25) is 5.65 Å². The molecular weight excluding hydrogens is 406 g/mol. The molecule has 0 unspecified atom stereocenters. The number of hydrogen-bond acceptors (Lipinski definition) is 8. The van der Waals surface area contributed by atoms with Crippen LogP contribution in [0.5, 0.6) is 0 Å². The SMILES string of the molecule is CCOC(=O)c1cccc(-c2ccc(C=Cc3[nH]n4cnnc4c(=O)c3[N+](=O)[O-])o2)c1. The van der Waals surface area contributed by atoms with Gasteiger partial charge in [-0.1, -0.05) is 12.1 Å². The van der Waals surface area contributed by atoms with Crippen molar-refractivity contribution in [1.82, 2.24) is 19.8 Å². The van der Waals surface area contributed by atoms with Crippen LogP contribution in [0.4, 0.5) is 5.69 Å². The number of rotatable bonds is 6. The standard InChI is InChI=1S/C20H15N5O6/c1-2-30-20(27)13-5-3-4-12(10-13)16-9-7-14(31-16)6-8-15-17(25(28)29)18(26)19-22-21-11-24(19)23-15/h3-11,23H,2H2,1H3. The van der Waals surface area contributed by atoms with E-state index in [1.165, 1.54) is 23.0 Å². The van der Waals surface area contributed by atoms with Crippen LogP contribution in [-0.2, 0) is 4.74 Å². The van der Waals surface area contributed by atoms with Gasteiger partial charge in [-0.25, -0.2) is 9.31 Å². The van der Waals surface area contributed by atoms with Crippen LogP contribution in [0.3, 0.4) is 0 Å². The molecule has 0 atom stereocenters. The lowest BCUT2D eigenvalue weighted by atomic mass is 10.1. The molecule has 0 spiro atoms. The molecule has 4 rings (SSSR count). The van der Waals surface area contributed by atoms with E-state index >= 15 is 0 Å². The number of aromatic nitrogens is 4. The fraction of sp³-hybridized carbons (Fsp3) is 0.100. The third-order valence-electron chi connectivity index (χ3n) is 4.34. The Balaban J connectivity index is 1.65. The van der Waals surface area contributed by atoms with Crippen molar-refractivity contribution >= 4 is 29.5 Å². The molecule has 3 aromatic heterocycles. The first-order valence-corrected chi connectivity index (χ1v) is 9.14. The Morgan fingerprint density at radius 1 is 1.32 bits per heavy atom. The number of esters is 1. The van der Waals surface area contributed by atoms with E-state index in [1.54, 1.807) is 43.3 Å². The molecule has 3 heterocycles. The zero-order valence-electron chi connectivity index (χ0n) is 16.1. The van der Waals surface area contributed by atoms with Crippen LogP contribution in [0.25, 0.3) is 29.1 Å². The van der Waals surface area contributed by atoms with Crippen molar-refractivity contribution in [3.63, 3.8) is 0 Å². The number of nitro groups is 1. The highest BCUT2D eigenvalue weighted by molar-refractivity contribution is 5.90. The van der Waals surface area contributed by atoms with Crippen LogP contribution in [-0.4, -0.2) is 37.3 Å². The van der Waals surface area contributed by atoms with Crippen LogP contribution in [0, 0.1) is 10.1 Å². The number of fused-ring (bicyclic) bond motifs is 1. The lowest BCUT2D eigenvalue weighted by Crippen LogP contribution is -2.15. The van der Waals surface area contributed by atoms with E-state index in [9.17, 15) is 19.7 Å². The highest BCUT2D eigenvalue weighted by atomic mass is 16.6. The number of H-pyrrole nitrogens is 1. The number of nitrogens with zero attached hydrogens (tertiary/aromatic N) is 4. The van der Waals surface area contributed by atoms with Gasteiger partial charge in [0, 0.05) is 5.56 Å². The number of aromatic amines is 1. The van der Waals surface area contributed by atoms with Crippen molar-refractivity contribution < 1.29 is 18.9 Å². The van der Waals surface area contributed by atoms with Crippen LogP contribution in [0.2, 0.25) is 0 Å². The summed E-state index contributed by atoms with van der Waals surface area (Å²) < 4.78 is 12.0. The Hall–Kier alpha value is -4.54. The Labute approximate surface area is 173 Å². The van der Waals surface area contributed by atoms with E-state index < -0.39 is 22.0 Å². The third-order valence-corrected chi connectivity index (χ3v) is 4.34. The highest BCUT2D eigenvalue weighted by Gasteiger charge is 2.22. The molecule has 0 saturated carbocycles. The molecule has 4 aromatic rings. The van der Waals surface area contributed by atoms with E-state index in [1.807, 2.05) is 0 Å². The van der Waals surface area contributed by atoms with Gasteiger partial charge in [0.25, 0.3) is 0 Å². The zero-order chi connectivity index (χ0) is 22.0. The van der Waals surface area contributed by atoms with Gasteiger partial charge >= 0.3 is 17.1 Å². The van der Waals surface area contributed by atoms with E-state index in [4.69, 9.17) is 9.15 Å². The minimum Gasteiger partial charge on any atom is -0.462 e. The van der Waals surface area contributed by atoms with Crippen LogP contribution in [0.1, 0.15) is 28.7 Å². The molecule has 0 radical (unpaired) electrons. The molecule has 0 aliphatic heterocycles. The largest absolute Gasteiger partial charge is 0.462 e. The molecule has 0 amide bonds. The second-order valence-corrected chi connectivity index (χ2v) is 6.32. The summed E-state index contributed by atoms with van der Waals surface area (Å²) in [7, 11) is 0. The normalized spacial score (nSPS) is 11.3. The third kappa shape index (κ3) is 3.83. The number of nitrogens with one attached hydrogen (secondary N) is 1. The summed E-state index contributed by atoms with van der Waals surface area (Å²) in [5.74, 6) is 0.440. The van der Waals surface area contributed by atoms with E-state index in [0.717, 1.165) is 0 Å². The van der Waals surface area contributed by atoms with Crippen LogP contribution >= 0.6 is 0 Å². The first-order chi connectivity index (χ1) is 15.0. The minimum absolute atomic E-state index is 0.0374. The fourth-order valence-corrected chi connectivity index (χ4v) is 2.96. The predicted molar refractivity (Wildman–Crippen MR) is 109 cm³/mol. The number of carbonyl (C=O) groups excluding carboxylic acids is 1. The summed E-state index contributed by atoms with van der Waals surface area (Å²) in [5, 5.41) is 21.2. The number of benzene rings is 1. The monoisotopic (exact) mass is 421 g/mol. The molecule has 1 aromatic carbocycles. The van der Waals surface area contributed by atoms with Crippen molar-refractivity contribution in [2.45, 2.75) is 6.92 Å². The van der Waals surface area contributed by atoms with E-state index in [0.29, 0.717) is 22.6 Å². The molecule has 0 aliphatic rings. The minimum atomic E-state index is -0.850. The summed E-state index contributed by atoms with van der Waals surface area (Å²) in [6.45, 7) is 2.00. The average Bonchev–Trinajstić information content (AvgIpc) is 3.42. The van der Waals surface area contributed by atoms with Crippen molar-refractivity contribution in [2.24, 2.45) is 0 Å². The maximum absolute atomic E-state index is 12.3. The predicted octanol–water partition coefficient (Wildman–Crippen LogP) is 2.93. The number of furan rings is 1. The van der Waals surface area contributed by atoms with Gasteiger partial charge in [-0.3, -0.25) is 20.0 Å². The molecule has 156 valence electrons. The smallest absolute Gasteiger partial charge is 0.345 e. The molecule has 0 bridgehead atoms. The van der Waals surface area contributed by atoms with Crippen LogP contribution < -0.4 is 5.43 Å². The zero-order valence-corrected chi connectivity index (χ0v) is 16.1. The molecule has 1 N–H and O–H groups in total. The molecule has 31 heavy (non-hydrogen) atoms. The molecule has 0 saturated heterocycles. The Bertz CT molecular complexity index is 1380. The molecule has 0 aliphatic carbocycles. The van der Waals surface area contributed by atoms with E-state index in [2.05, 4.69) is 15.3 Å². The number of carbonyl (C=O) groups is 1. The lowest BCUT2D eigenvalue weighted by molar-refractivity contribution is -0.386. The summed E-state index contributed by atoms with van der Waals surface area (Å²) in [6, 6.07) is 10.1. The lowest BCUT2D eigenvalue weighted by Gasteiger charge is -2.03. The molecule has 0 fully saturated rings. The van der Waals surface area contributed by atoms with Crippen molar-refractivity contribution in [3.05, 3.63) is 80.1 Å². The topological polar surface area (TPSA) is 146 Å². The van der Waals surface area contributed by atoms with Gasteiger partial charge < -0.3 is 9.15 Å². The van der Waals surface area contributed by atoms with Crippen LogP contribution in [0.15, 0.2) is 51.9 Å². The van der Waals surface area contributed by atoms with Gasteiger partial charge in [0.1, 0.15) is 23.5 Å². The molecule has 11 heteroatoms. The van der Waals surface area contributed by atoms with Gasteiger partial charge in [-0.2, -0.15) is 0 Å². The quantitative estimate of drug-likeness (QED) is 0.284. The summed E-state index contributed by atoms with van der Waals surface area (Å²) in [4.78, 5) is 34.8. The first kappa shape index (κ1) is 19.8. The van der Waals surface area contributed by atoms with Gasteiger partial charge in [0.05, 0.1) is 17.1 Å². The van der Waals surface area contributed by atoms with Gasteiger partial charge in [-0.05, 0) is 43.3 Å². The van der Waals surface area contributed by atoms with Crippen molar-refractivity contribution in [3.8, 4) is 11.3 Å². The molecule has 11 nitrogen and oxygen atoms in total. The molecular formula is C20H15N5O6. The number of ether oxygens (including phenoxy) is 1. The fourth-order valence-electron chi connectivity index (χ4n) is 2.96. The Morgan fingerprint density at radius 3 is 2.94 bits per heavy atom. The summed E-state index contributed by atoms with van der Waals surface area (Å²) >= 11 is 0.